The highest BCUT2D eigenvalue weighted by Crippen LogP contribution is 2.30. The van der Waals surface area contributed by atoms with Crippen molar-refractivity contribution < 1.29 is 4.74 Å². The first kappa shape index (κ1) is 12.5. The molecular weight excluding hydrogens is 238 g/mol. The average molecular weight is 257 g/mol. The lowest BCUT2D eigenvalue weighted by Crippen LogP contribution is -2.39. The van der Waals surface area contributed by atoms with Gasteiger partial charge in [0.05, 0.1) is 12.1 Å². The standard InChI is InChI=1S/C15H19N3O/c16-18-15(14-6-1-2-9-19-14)12-5-3-4-11-7-8-17-10-13(11)12/h3-5,7-8,10,14-15,18H,1-2,6,9,16H2. The summed E-state index contributed by atoms with van der Waals surface area (Å²) in [6.07, 6.45) is 7.25. The van der Waals surface area contributed by atoms with Crippen LogP contribution in [-0.4, -0.2) is 17.7 Å². The fourth-order valence-corrected chi connectivity index (χ4v) is 2.83. The van der Waals surface area contributed by atoms with Gasteiger partial charge in [0, 0.05) is 24.4 Å². The van der Waals surface area contributed by atoms with E-state index in [-0.39, 0.29) is 12.1 Å². The van der Waals surface area contributed by atoms with Crippen LogP contribution < -0.4 is 11.3 Å². The van der Waals surface area contributed by atoms with E-state index in [2.05, 4.69) is 28.6 Å². The fourth-order valence-electron chi connectivity index (χ4n) is 2.83. The summed E-state index contributed by atoms with van der Waals surface area (Å²) >= 11 is 0. The van der Waals surface area contributed by atoms with E-state index in [1.807, 2.05) is 18.5 Å². The van der Waals surface area contributed by atoms with Crippen molar-refractivity contribution in [2.24, 2.45) is 5.84 Å². The number of hydrogen-bond acceptors (Lipinski definition) is 4. The molecule has 4 nitrogen and oxygen atoms in total. The molecule has 0 amide bonds. The first-order chi connectivity index (χ1) is 9.40. The molecule has 100 valence electrons. The fraction of sp³-hybridized carbons (Fsp3) is 0.400. The highest BCUT2D eigenvalue weighted by atomic mass is 16.5. The maximum atomic E-state index is 5.87. The van der Waals surface area contributed by atoms with Crippen LogP contribution in [0, 0.1) is 0 Å². The Morgan fingerprint density at radius 2 is 2.26 bits per heavy atom. The number of fused-ring (bicyclic) bond motifs is 1. The number of pyridine rings is 1. The van der Waals surface area contributed by atoms with Gasteiger partial charge in [-0.3, -0.25) is 16.3 Å². The lowest BCUT2D eigenvalue weighted by atomic mass is 9.93. The Labute approximate surface area is 112 Å². The van der Waals surface area contributed by atoms with Crippen LogP contribution in [0.15, 0.2) is 36.7 Å². The van der Waals surface area contributed by atoms with Gasteiger partial charge in [-0.25, -0.2) is 0 Å². The Morgan fingerprint density at radius 3 is 3.05 bits per heavy atom. The highest BCUT2D eigenvalue weighted by Gasteiger charge is 2.26. The Morgan fingerprint density at radius 1 is 1.32 bits per heavy atom. The van der Waals surface area contributed by atoms with E-state index in [1.54, 1.807) is 0 Å². The van der Waals surface area contributed by atoms with Crippen LogP contribution in [0.1, 0.15) is 30.9 Å². The quantitative estimate of drug-likeness (QED) is 0.654. The van der Waals surface area contributed by atoms with Crippen LogP contribution in [0.25, 0.3) is 10.8 Å². The van der Waals surface area contributed by atoms with Gasteiger partial charge < -0.3 is 4.74 Å². The van der Waals surface area contributed by atoms with Crippen LogP contribution >= 0.6 is 0 Å². The number of ether oxygens (including phenoxy) is 1. The molecule has 1 aliphatic rings. The summed E-state index contributed by atoms with van der Waals surface area (Å²) in [5.41, 5.74) is 4.09. The van der Waals surface area contributed by atoms with Gasteiger partial charge in [-0.2, -0.15) is 0 Å². The Balaban J connectivity index is 2.00. The smallest absolute Gasteiger partial charge is 0.0782 e. The van der Waals surface area contributed by atoms with Crippen LogP contribution in [0.5, 0.6) is 0 Å². The molecule has 0 aliphatic carbocycles. The molecule has 2 aromatic rings. The highest BCUT2D eigenvalue weighted by molar-refractivity contribution is 5.85. The van der Waals surface area contributed by atoms with Crippen molar-refractivity contribution in [2.45, 2.75) is 31.4 Å². The number of nitrogens with two attached hydrogens (primary N) is 1. The van der Waals surface area contributed by atoms with Gasteiger partial charge in [0.2, 0.25) is 0 Å². The minimum atomic E-state index is 0.0215. The summed E-state index contributed by atoms with van der Waals surface area (Å²) in [6, 6.07) is 8.30. The normalized spacial score (nSPS) is 21.4. The predicted molar refractivity (Wildman–Crippen MR) is 75.4 cm³/mol. The molecule has 19 heavy (non-hydrogen) atoms. The molecule has 2 atom stereocenters. The number of hydrogen-bond donors (Lipinski definition) is 2. The van der Waals surface area contributed by atoms with Gasteiger partial charge in [0.15, 0.2) is 0 Å². The summed E-state index contributed by atoms with van der Waals surface area (Å²) in [6.45, 7) is 0.825. The first-order valence-electron chi connectivity index (χ1n) is 6.80. The van der Waals surface area contributed by atoms with E-state index in [1.165, 1.54) is 17.4 Å². The second-order valence-corrected chi connectivity index (χ2v) is 4.99. The summed E-state index contributed by atoms with van der Waals surface area (Å²) in [7, 11) is 0. The Hall–Kier alpha value is -1.49. The lowest BCUT2D eigenvalue weighted by molar-refractivity contribution is -0.00792. The van der Waals surface area contributed by atoms with Crippen molar-refractivity contribution >= 4 is 10.8 Å². The molecular formula is C15H19N3O. The van der Waals surface area contributed by atoms with Crippen molar-refractivity contribution in [3.8, 4) is 0 Å². The topological polar surface area (TPSA) is 60.2 Å². The molecule has 1 aliphatic heterocycles. The van der Waals surface area contributed by atoms with Gasteiger partial charge in [-0.05, 0) is 36.3 Å². The molecule has 1 aromatic carbocycles. The lowest BCUT2D eigenvalue weighted by Gasteiger charge is -2.30. The summed E-state index contributed by atoms with van der Waals surface area (Å²) in [5.74, 6) is 5.78. The SMILES string of the molecule is NNC(c1cccc2ccncc12)C1CCCCO1. The molecule has 4 heteroatoms. The van der Waals surface area contributed by atoms with Crippen molar-refractivity contribution in [1.29, 1.82) is 0 Å². The van der Waals surface area contributed by atoms with Crippen LogP contribution in [0.2, 0.25) is 0 Å². The molecule has 3 N–H and O–H groups in total. The maximum absolute atomic E-state index is 5.87. The third kappa shape index (κ3) is 2.47. The van der Waals surface area contributed by atoms with Crippen molar-refractivity contribution in [1.82, 2.24) is 10.4 Å². The van der Waals surface area contributed by atoms with Crippen molar-refractivity contribution in [3.05, 3.63) is 42.2 Å². The number of nitrogens with zero attached hydrogens (tertiary/aromatic N) is 1. The van der Waals surface area contributed by atoms with E-state index in [9.17, 15) is 0 Å². The molecule has 1 aromatic heterocycles. The van der Waals surface area contributed by atoms with E-state index in [0.717, 1.165) is 24.8 Å². The van der Waals surface area contributed by atoms with E-state index >= 15 is 0 Å². The molecule has 1 saturated heterocycles. The van der Waals surface area contributed by atoms with Crippen molar-refractivity contribution in [2.75, 3.05) is 6.61 Å². The summed E-state index contributed by atoms with van der Waals surface area (Å²) in [5, 5.41) is 2.32. The number of nitrogens with one attached hydrogen (secondary N) is 1. The average Bonchev–Trinajstić information content (AvgIpc) is 2.49. The second-order valence-electron chi connectivity index (χ2n) is 4.99. The van der Waals surface area contributed by atoms with Crippen LogP contribution in [0.4, 0.5) is 0 Å². The van der Waals surface area contributed by atoms with Gasteiger partial charge in [0.1, 0.15) is 0 Å². The van der Waals surface area contributed by atoms with Gasteiger partial charge in [-0.1, -0.05) is 18.2 Å². The predicted octanol–water partition coefficient (Wildman–Crippen LogP) is 2.31. The minimum Gasteiger partial charge on any atom is -0.376 e. The van der Waals surface area contributed by atoms with E-state index in [0.29, 0.717) is 0 Å². The third-order valence-corrected chi connectivity index (χ3v) is 3.82. The zero-order valence-corrected chi connectivity index (χ0v) is 10.9. The molecule has 0 saturated carbocycles. The number of rotatable bonds is 3. The zero-order valence-electron chi connectivity index (χ0n) is 10.9. The molecule has 2 heterocycles. The summed E-state index contributed by atoms with van der Waals surface area (Å²) < 4.78 is 5.87. The third-order valence-electron chi connectivity index (χ3n) is 3.82. The number of hydrazine groups is 1. The van der Waals surface area contributed by atoms with Gasteiger partial charge >= 0.3 is 0 Å². The maximum Gasteiger partial charge on any atom is 0.0782 e. The number of aromatic nitrogens is 1. The molecule has 0 spiro atoms. The molecule has 3 rings (SSSR count). The van der Waals surface area contributed by atoms with Crippen molar-refractivity contribution in [3.63, 3.8) is 0 Å². The Bertz CT molecular complexity index is 547. The largest absolute Gasteiger partial charge is 0.376 e. The van der Waals surface area contributed by atoms with Crippen LogP contribution in [0.3, 0.4) is 0 Å². The molecule has 0 radical (unpaired) electrons. The van der Waals surface area contributed by atoms with Crippen LogP contribution in [-0.2, 0) is 4.74 Å². The Kier molecular flexibility index (Phi) is 3.73. The zero-order chi connectivity index (χ0) is 13.1. The second kappa shape index (κ2) is 5.65. The molecule has 0 bridgehead atoms. The molecule has 2 unspecified atom stereocenters. The summed E-state index contributed by atoms with van der Waals surface area (Å²) in [4.78, 5) is 4.23. The first-order valence-corrected chi connectivity index (χ1v) is 6.80. The number of benzene rings is 1. The van der Waals surface area contributed by atoms with E-state index < -0.39 is 0 Å². The molecule has 1 fully saturated rings. The minimum absolute atomic E-state index is 0.0215. The monoisotopic (exact) mass is 257 g/mol. The van der Waals surface area contributed by atoms with E-state index in [4.69, 9.17) is 10.6 Å². The van der Waals surface area contributed by atoms with Gasteiger partial charge in [-0.15, -0.1) is 0 Å². The van der Waals surface area contributed by atoms with Gasteiger partial charge in [0.25, 0.3) is 0 Å².